The number of nitrogens with zero attached hydrogens (tertiary/aromatic N) is 3. The van der Waals surface area contributed by atoms with E-state index in [0.29, 0.717) is 5.69 Å². The van der Waals surface area contributed by atoms with Crippen molar-refractivity contribution in [3.05, 3.63) is 71.8 Å². The molecular weight excluding hydrogens is 286 g/mol. The standard InChI is InChI=1S/C19H13N3O/c1-11-15-10-20-8-6-14(15)19(23)18-17-13(7-9-22(11)18)12-4-2-3-5-16(12)21-17/h2-11H,1H3. The second kappa shape index (κ2) is 4.26. The second-order valence-corrected chi connectivity index (χ2v) is 5.93. The van der Waals surface area contributed by atoms with Crippen molar-refractivity contribution >= 4 is 16.7 Å². The van der Waals surface area contributed by atoms with Crippen molar-refractivity contribution in [2.24, 2.45) is 0 Å². The molecule has 23 heavy (non-hydrogen) atoms. The molecule has 0 spiro atoms. The average Bonchev–Trinajstić information content (AvgIpc) is 2.98. The molecule has 2 aromatic rings. The highest BCUT2D eigenvalue weighted by atomic mass is 16.1. The molecule has 0 aliphatic carbocycles. The number of hydrogen-bond acceptors (Lipinski definition) is 3. The average molecular weight is 299 g/mol. The van der Waals surface area contributed by atoms with Crippen molar-refractivity contribution in [1.82, 2.24) is 14.5 Å². The van der Waals surface area contributed by atoms with Crippen molar-refractivity contribution in [2.45, 2.75) is 13.0 Å². The number of benzene rings is 1. The van der Waals surface area contributed by atoms with Gasteiger partial charge in [0.1, 0.15) is 5.69 Å². The van der Waals surface area contributed by atoms with Crippen LogP contribution in [0.2, 0.25) is 0 Å². The first-order valence-electron chi connectivity index (χ1n) is 7.63. The van der Waals surface area contributed by atoms with Gasteiger partial charge in [0.15, 0.2) is 0 Å². The minimum Gasteiger partial charge on any atom is -0.336 e. The Labute approximate surface area is 132 Å². The first-order valence-corrected chi connectivity index (χ1v) is 7.63. The Bertz CT molecular complexity index is 1060. The minimum atomic E-state index is 0.0221. The first-order chi connectivity index (χ1) is 11.3. The van der Waals surface area contributed by atoms with Crippen molar-refractivity contribution in [3.63, 3.8) is 0 Å². The van der Waals surface area contributed by atoms with E-state index in [1.807, 2.05) is 29.0 Å². The molecule has 1 atom stereocenters. The predicted octanol–water partition coefficient (Wildman–Crippen LogP) is 3.69. The van der Waals surface area contributed by atoms with Crippen molar-refractivity contribution < 1.29 is 4.79 Å². The number of carbonyl (C=O) groups is 1. The molecule has 0 radical (unpaired) electrons. The van der Waals surface area contributed by atoms with Gasteiger partial charge in [0.25, 0.3) is 0 Å². The van der Waals surface area contributed by atoms with Crippen LogP contribution in [0.15, 0.2) is 55.0 Å². The lowest BCUT2D eigenvalue weighted by Crippen LogP contribution is -2.26. The Morgan fingerprint density at radius 1 is 1.09 bits per heavy atom. The van der Waals surface area contributed by atoms with Gasteiger partial charge in [-0.1, -0.05) is 18.2 Å². The Kier molecular flexibility index (Phi) is 2.32. The van der Waals surface area contributed by atoms with E-state index in [1.54, 1.807) is 18.5 Å². The van der Waals surface area contributed by atoms with E-state index < -0.39 is 0 Å². The van der Waals surface area contributed by atoms with Crippen LogP contribution in [0.4, 0.5) is 0 Å². The van der Waals surface area contributed by atoms with Gasteiger partial charge in [0.05, 0.1) is 17.3 Å². The summed E-state index contributed by atoms with van der Waals surface area (Å²) in [7, 11) is 0. The number of hydrogen-bond donors (Lipinski definition) is 0. The highest BCUT2D eigenvalue weighted by Gasteiger charge is 2.32. The van der Waals surface area contributed by atoms with Gasteiger partial charge in [0.2, 0.25) is 5.78 Å². The topological polar surface area (TPSA) is 47.8 Å². The molecule has 1 aromatic carbocycles. The number of rotatable bonds is 0. The number of aromatic nitrogens is 3. The van der Waals surface area contributed by atoms with Gasteiger partial charge in [-0.2, -0.15) is 0 Å². The summed E-state index contributed by atoms with van der Waals surface area (Å²) < 4.78 is 2.01. The fraction of sp³-hybridized carbons (Fsp3) is 0.105. The maximum Gasteiger partial charge on any atom is 0.212 e. The molecule has 0 fully saturated rings. The molecule has 0 N–H and O–H groups in total. The number of ketones is 1. The summed E-state index contributed by atoms with van der Waals surface area (Å²) in [6, 6.07) is 11.9. The van der Waals surface area contributed by atoms with Gasteiger partial charge < -0.3 is 4.57 Å². The zero-order valence-electron chi connectivity index (χ0n) is 12.5. The maximum absolute atomic E-state index is 13.1. The van der Waals surface area contributed by atoms with Gasteiger partial charge in [0, 0.05) is 40.7 Å². The summed E-state index contributed by atoms with van der Waals surface area (Å²) in [6.07, 6.45) is 5.45. The van der Waals surface area contributed by atoms with E-state index in [-0.39, 0.29) is 11.8 Å². The molecule has 0 saturated carbocycles. The SMILES string of the molecule is CC1c2cnccc2C(=O)c2c3nc4ccccc4c-3ccn21. The van der Waals surface area contributed by atoms with Crippen LogP contribution in [0.5, 0.6) is 0 Å². The molecule has 5 rings (SSSR count). The van der Waals surface area contributed by atoms with E-state index in [4.69, 9.17) is 4.98 Å². The molecule has 4 heteroatoms. The van der Waals surface area contributed by atoms with Crippen LogP contribution in [0.3, 0.4) is 0 Å². The number of fused-ring (bicyclic) bond motifs is 6. The zero-order chi connectivity index (χ0) is 15.6. The summed E-state index contributed by atoms with van der Waals surface area (Å²) in [4.78, 5) is 22.0. The molecule has 110 valence electrons. The van der Waals surface area contributed by atoms with Crippen molar-refractivity contribution in [3.8, 4) is 11.3 Å². The second-order valence-electron chi connectivity index (χ2n) is 5.93. The normalized spacial score (nSPS) is 16.6. The Balaban J connectivity index is 1.89. The smallest absolute Gasteiger partial charge is 0.212 e. The quantitative estimate of drug-likeness (QED) is 0.497. The van der Waals surface area contributed by atoms with E-state index >= 15 is 0 Å². The van der Waals surface area contributed by atoms with Crippen LogP contribution in [0.25, 0.3) is 22.2 Å². The van der Waals surface area contributed by atoms with Gasteiger partial charge in [-0.05, 0) is 25.1 Å². The third kappa shape index (κ3) is 1.52. The largest absolute Gasteiger partial charge is 0.336 e. The lowest BCUT2D eigenvalue weighted by atomic mass is 9.91. The Morgan fingerprint density at radius 2 is 1.96 bits per heavy atom. The van der Waals surface area contributed by atoms with Gasteiger partial charge in [-0.3, -0.25) is 9.78 Å². The van der Waals surface area contributed by atoms with Crippen LogP contribution in [0, 0.1) is 0 Å². The van der Waals surface area contributed by atoms with Gasteiger partial charge in [-0.15, -0.1) is 0 Å². The highest BCUT2D eigenvalue weighted by molar-refractivity contribution is 6.15. The highest BCUT2D eigenvalue weighted by Crippen LogP contribution is 2.39. The summed E-state index contributed by atoms with van der Waals surface area (Å²) >= 11 is 0. The monoisotopic (exact) mass is 299 g/mol. The molecule has 0 amide bonds. The fourth-order valence-corrected chi connectivity index (χ4v) is 3.58. The molecular formula is C19H13N3O. The fourth-order valence-electron chi connectivity index (χ4n) is 3.58. The van der Waals surface area contributed by atoms with Crippen LogP contribution < -0.4 is 0 Å². The van der Waals surface area contributed by atoms with E-state index in [0.717, 1.165) is 33.3 Å². The summed E-state index contributed by atoms with van der Waals surface area (Å²) in [5, 5.41) is 1.09. The van der Waals surface area contributed by atoms with E-state index in [2.05, 4.69) is 24.0 Å². The first kappa shape index (κ1) is 12.5. The van der Waals surface area contributed by atoms with Gasteiger partial charge in [-0.25, -0.2) is 4.98 Å². The third-order valence-electron chi connectivity index (χ3n) is 4.74. The minimum absolute atomic E-state index is 0.0221. The Morgan fingerprint density at radius 3 is 2.87 bits per heavy atom. The predicted molar refractivity (Wildman–Crippen MR) is 87.8 cm³/mol. The van der Waals surface area contributed by atoms with E-state index in [9.17, 15) is 4.79 Å². The third-order valence-corrected chi connectivity index (χ3v) is 4.74. The van der Waals surface area contributed by atoms with Gasteiger partial charge >= 0.3 is 0 Å². The molecule has 0 saturated heterocycles. The maximum atomic E-state index is 13.1. The number of para-hydroxylation sites is 1. The molecule has 3 aliphatic heterocycles. The van der Waals surface area contributed by atoms with Crippen LogP contribution >= 0.6 is 0 Å². The molecule has 0 bridgehead atoms. The summed E-state index contributed by atoms with van der Waals surface area (Å²) in [5.74, 6) is 0.0221. The zero-order valence-corrected chi connectivity index (χ0v) is 12.5. The van der Waals surface area contributed by atoms with Crippen LogP contribution in [-0.2, 0) is 0 Å². The molecule has 4 nitrogen and oxygen atoms in total. The van der Waals surface area contributed by atoms with Crippen molar-refractivity contribution in [2.75, 3.05) is 0 Å². The molecule has 3 aliphatic rings. The lowest BCUT2D eigenvalue weighted by Gasteiger charge is -2.28. The molecule has 1 unspecified atom stereocenters. The number of carbonyl (C=O) groups excluding carboxylic acids is 1. The summed E-state index contributed by atoms with van der Waals surface area (Å²) in [6.45, 7) is 2.09. The van der Waals surface area contributed by atoms with Crippen LogP contribution in [-0.4, -0.2) is 20.3 Å². The van der Waals surface area contributed by atoms with Crippen molar-refractivity contribution in [1.29, 1.82) is 0 Å². The number of pyridine rings is 2. The Hall–Kier alpha value is -3.01. The molecule has 1 aromatic heterocycles. The summed E-state index contributed by atoms with van der Waals surface area (Å²) in [5.41, 5.74) is 5.11. The van der Waals surface area contributed by atoms with E-state index in [1.165, 1.54) is 0 Å². The lowest BCUT2D eigenvalue weighted by molar-refractivity contribution is 0.102. The van der Waals surface area contributed by atoms with Crippen LogP contribution in [0.1, 0.15) is 34.6 Å². The molecule has 4 heterocycles.